The quantitative estimate of drug-likeness (QED) is 0.756. The molecule has 0 unspecified atom stereocenters. The third-order valence-corrected chi connectivity index (χ3v) is 5.58. The van der Waals surface area contributed by atoms with E-state index in [0.717, 1.165) is 18.5 Å². The van der Waals surface area contributed by atoms with Crippen molar-refractivity contribution in [1.82, 2.24) is 10.3 Å². The molecule has 0 saturated carbocycles. The third-order valence-electron chi connectivity index (χ3n) is 4.67. The predicted octanol–water partition coefficient (Wildman–Crippen LogP) is 3.08. The van der Waals surface area contributed by atoms with Crippen molar-refractivity contribution >= 4 is 58.8 Å². The normalized spacial score (nSPS) is 15.5. The minimum atomic E-state index is -0.348. The molecule has 28 heavy (non-hydrogen) atoms. The van der Waals surface area contributed by atoms with Gasteiger partial charge in [-0.15, -0.1) is 36.2 Å². The molecule has 0 bridgehead atoms. The number of nitrogens with one attached hydrogen (secondary N) is 2. The van der Waals surface area contributed by atoms with Crippen LogP contribution in [0.25, 0.3) is 0 Å². The van der Waals surface area contributed by atoms with E-state index in [-0.39, 0.29) is 54.6 Å². The van der Waals surface area contributed by atoms with E-state index in [2.05, 4.69) is 15.6 Å². The van der Waals surface area contributed by atoms with Gasteiger partial charge in [-0.2, -0.15) is 0 Å². The van der Waals surface area contributed by atoms with E-state index in [1.165, 1.54) is 11.3 Å². The molecule has 152 valence electrons. The molecule has 0 atom stereocenters. The molecule has 10 heteroatoms. The number of thiazole rings is 1. The van der Waals surface area contributed by atoms with Crippen LogP contribution < -0.4 is 15.5 Å². The lowest BCUT2D eigenvalue weighted by molar-refractivity contribution is -0.117. The fourth-order valence-electron chi connectivity index (χ4n) is 3.34. The molecule has 2 aromatic rings. The summed E-state index contributed by atoms with van der Waals surface area (Å²) >= 11 is 1.35. The summed E-state index contributed by atoms with van der Waals surface area (Å²) in [7, 11) is 0. The number of aromatic nitrogens is 1. The Morgan fingerprint density at radius 1 is 1.32 bits per heavy atom. The molecule has 1 aromatic heterocycles. The second kappa shape index (κ2) is 9.65. The smallest absolute Gasteiger partial charge is 0.230 e. The van der Waals surface area contributed by atoms with Crippen LogP contribution in [-0.4, -0.2) is 29.9 Å². The van der Waals surface area contributed by atoms with Crippen LogP contribution in [0.1, 0.15) is 29.7 Å². The van der Waals surface area contributed by atoms with Gasteiger partial charge in [0.25, 0.3) is 0 Å². The van der Waals surface area contributed by atoms with Crippen LogP contribution in [0.3, 0.4) is 0 Å². The number of halogens is 3. The van der Waals surface area contributed by atoms with E-state index in [1.807, 2.05) is 6.07 Å². The van der Waals surface area contributed by atoms with Gasteiger partial charge in [0.1, 0.15) is 5.82 Å². The minimum absolute atomic E-state index is 0. The Morgan fingerprint density at radius 3 is 2.89 bits per heavy atom. The largest absolute Gasteiger partial charge is 0.323 e. The first kappa shape index (κ1) is 22.5. The van der Waals surface area contributed by atoms with E-state index in [9.17, 15) is 14.0 Å². The Morgan fingerprint density at radius 2 is 2.14 bits per heavy atom. The van der Waals surface area contributed by atoms with E-state index < -0.39 is 0 Å². The molecule has 0 radical (unpaired) electrons. The molecule has 2 amide bonds. The Bertz CT molecular complexity index is 877. The van der Waals surface area contributed by atoms with Gasteiger partial charge in [0.05, 0.1) is 17.8 Å². The standard InChI is InChI=1S/C18H19FN4O2S.2ClH/c19-17-13-5-6-20-9-11(13)3-4-14(17)22-15(24)8-12-10-26-18(21-12)23-7-1-2-16(23)25;;/h3-4,10,20H,1-2,5-9H2,(H,22,24);2*1H. The summed E-state index contributed by atoms with van der Waals surface area (Å²) in [5.41, 5.74) is 2.40. The van der Waals surface area contributed by atoms with Gasteiger partial charge >= 0.3 is 0 Å². The Balaban J connectivity index is 0.00000140. The molecular formula is C18H21Cl2FN4O2S. The number of hydrogen-bond donors (Lipinski definition) is 2. The average molecular weight is 447 g/mol. The summed E-state index contributed by atoms with van der Waals surface area (Å²) in [6, 6.07) is 3.45. The van der Waals surface area contributed by atoms with Crippen molar-refractivity contribution in [3.8, 4) is 0 Å². The zero-order chi connectivity index (χ0) is 18.1. The van der Waals surface area contributed by atoms with E-state index >= 15 is 0 Å². The monoisotopic (exact) mass is 446 g/mol. The summed E-state index contributed by atoms with van der Waals surface area (Å²) in [4.78, 5) is 30.1. The molecule has 2 N–H and O–H groups in total. The summed E-state index contributed by atoms with van der Waals surface area (Å²) in [5.74, 6) is -0.595. The molecule has 2 aliphatic rings. The maximum Gasteiger partial charge on any atom is 0.230 e. The van der Waals surface area contributed by atoms with Crippen LogP contribution in [-0.2, 0) is 29.0 Å². The number of amides is 2. The van der Waals surface area contributed by atoms with Gasteiger partial charge < -0.3 is 10.6 Å². The van der Waals surface area contributed by atoms with Gasteiger partial charge in [-0.25, -0.2) is 9.37 Å². The predicted molar refractivity (Wildman–Crippen MR) is 112 cm³/mol. The average Bonchev–Trinajstić information content (AvgIpc) is 3.26. The highest BCUT2D eigenvalue weighted by Gasteiger charge is 2.24. The van der Waals surface area contributed by atoms with Crippen LogP contribution in [0.4, 0.5) is 15.2 Å². The Labute approximate surface area is 178 Å². The first-order valence-corrected chi connectivity index (χ1v) is 9.55. The van der Waals surface area contributed by atoms with Gasteiger partial charge in [-0.1, -0.05) is 6.07 Å². The van der Waals surface area contributed by atoms with Crippen molar-refractivity contribution in [3.05, 3.63) is 40.2 Å². The molecule has 1 fully saturated rings. The SMILES string of the molecule is Cl.Cl.O=C(Cc1csc(N2CCCC2=O)n1)Nc1ccc2c(c1F)CCNC2. The minimum Gasteiger partial charge on any atom is -0.323 e. The van der Waals surface area contributed by atoms with Crippen molar-refractivity contribution in [3.63, 3.8) is 0 Å². The Hall–Kier alpha value is -1.74. The van der Waals surface area contributed by atoms with Crippen molar-refractivity contribution in [2.24, 2.45) is 0 Å². The summed E-state index contributed by atoms with van der Waals surface area (Å²) in [6.45, 7) is 2.06. The molecule has 1 aromatic carbocycles. The maximum atomic E-state index is 14.6. The van der Waals surface area contributed by atoms with E-state index in [1.54, 1.807) is 16.3 Å². The summed E-state index contributed by atoms with van der Waals surface area (Å²) < 4.78 is 14.6. The molecule has 1 saturated heterocycles. The molecule has 0 spiro atoms. The van der Waals surface area contributed by atoms with E-state index in [0.29, 0.717) is 42.3 Å². The third kappa shape index (κ3) is 4.63. The second-order valence-electron chi connectivity index (χ2n) is 6.49. The van der Waals surface area contributed by atoms with Gasteiger partial charge in [0, 0.05) is 24.9 Å². The number of carbonyl (C=O) groups excluding carboxylic acids is 2. The van der Waals surface area contributed by atoms with Gasteiger partial charge in [0.2, 0.25) is 11.8 Å². The molecular weight excluding hydrogens is 426 g/mol. The van der Waals surface area contributed by atoms with Crippen LogP contribution in [0, 0.1) is 5.82 Å². The summed E-state index contributed by atoms with van der Waals surface area (Å²) in [5, 5.41) is 8.25. The number of anilines is 2. The number of fused-ring (bicyclic) bond motifs is 1. The van der Waals surface area contributed by atoms with Crippen LogP contribution in [0.5, 0.6) is 0 Å². The zero-order valence-corrected chi connectivity index (χ0v) is 17.4. The fraction of sp³-hybridized carbons (Fsp3) is 0.389. The van der Waals surface area contributed by atoms with Gasteiger partial charge in [0.15, 0.2) is 5.13 Å². The molecule has 2 aliphatic heterocycles. The van der Waals surface area contributed by atoms with E-state index in [4.69, 9.17) is 0 Å². The first-order valence-electron chi connectivity index (χ1n) is 8.67. The number of rotatable bonds is 4. The number of hydrogen-bond acceptors (Lipinski definition) is 5. The van der Waals surface area contributed by atoms with Crippen LogP contribution in [0.2, 0.25) is 0 Å². The van der Waals surface area contributed by atoms with Crippen molar-refractivity contribution < 1.29 is 14.0 Å². The zero-order valence-electron chi connectivity index (χ0n) is 15.0. The molecule has 3 heterocycles. The topological polar surface area (TPSA) is 74.3 Å². The lowest BCUT2D eigenvalue weighted by atomic mass is 9.99. The highest BCUT2D eigenvalue weighted by molar-refractivity contribution is 7.14. The summed E-state index contributed by atoms with van der Waals surface area (Å²) in [6.07, 6.45) is 2.05. The van der Waals surface area contributed by atoms with Crippen LogP contribution in [0.15, 0.2) is 17.5 Å². The first-order chi connectivity index (χ1) is 12.6. The number of benzene rings is 1. The second-order valence-corrected chi connectivity index (χ2v) is 7.32. The lowest BCUT2D eigenvalue weighted by Crippen LogP contribution is -2.25. The molecule has 4 rings (SSSR count). The molecule has 0 aliphatic carbocycles. The maximum absolute atomic E-state index is 14.6. The fourth-order valence-corrected chi connectivity index (χ4v) is 4.21. The van der Waals surface area contributed by atoms with Crippen molar-refractivity contribution in [2.45, 2.75) is 32.2 Å². The van der Waals surface area contributed by atoms with Gasteiger partial charge in [-0.3, -0.25) is 14.5 Å². The highest BCUT2D eigenvalue weighted by Crippen LogP contribution is 2.27. The highest BCUT2D eigenvalue weighted by atomic mass is 35.5. The van der Waals surface area contributed by atoms with Gasteiger partial charge in [-0.05, 0) is 36.6 Å². The number of carbonyl (C=O) groups is 2. The lowest BCUT2D eigenvalue weighted by Gasteiger charge is -2.19. The van der Waals surface area contributed by atoms with Crippen molar-refractivity contribution in [1.29, 1.82) is 0 Å². The number of nitrogens with zero attached hydrogens (tertiary/aromatic N) is 2. The molecule has 6 nitrogen and oxygen atoms in total. The van der Waals surface area contributed by atoms with Crippen LogP contribution >= 0.6 is 36.2 Å². The Kier molecular flexibility index (Phi) is 7.77. The van der Waals surface area contributed by atoms with Crippen molar-refractivity contribution in [2.75, 3.05) is 23.3 Å².